The van der Waals surface area contributed by atoms with Crippen LogP contribution in [0.15, 0.2) is 41.7 Å². The number of halogens is 1. The van der Waals surface area contributed by atoms with Crippen LogP contribution in [-0.4, -0.2) is 22.0 Å². The zero-order valence-electron chi connectivity index (χ0n) is 9.13. The minimum Gasteiger partial charge on any atom is -0.380 e. The fourth-order valence-electron chi connectivity index (χ4n) is 1.21. The quantitative estimate of drug-likeness (QED) is 0.381. The number of H-pyrrole nitrogens is 1. The Hall–Kier alpha value is -2.34. The van der Waals surface area contributed by atoms with Crippen LogP contribution < -0.4 is 5.73 Å². The number of aromatic amines is 1. The first kappa shape index (κ1) is 12.1. The number of aromatic nitrogens is 2. The molecule has 1 aromatic carbocycles. The van der Waals surface area contributed by atoms with Gasteiger partial charge < -0.3 is 10.6 Å². The molecule has 0 aliphatic carbocycles. The Balaban J connectivity index is 2.08. The normalized spacial score (nSPS) is 11.3. The number of rotatable bonds is 3. The molecule has 0 bridgehead atoms. The topological polar surface area (TPSA) is 93.4 Å². The van der Waals surface area contributed by atoms with Crippen molar-refractivity contribution in [2.45, 2.75) is 0 Å². The van der Waals surface area contributed by atoms with Gasteiger partial charge in [-0.25, -0.2) is 4.79 Å². The molecule has 2 rings (SSSR count). The third kappa shape index (κ3) is 2.67. The molecule has 1 aromatic heterocycles. The zero-order chi connectivity index (χ0) is 13.0. The van der Waals surface area contributed by atoms with Crippen molar-refractivity contribution in [3.8, 4) is 0 Å². The Morgan fingerprint density at radius 3 is 2.72 bits per heavy atom. The molecule has 2 aromatic rings. The number of nitrogens with zero attached hydrogens (tertiary/aromatic N) is 2. The van der Waals surface area contributed by atoms with Gasteiger partial charge in [0, 0.05) is 5.56 Å². The molecular formula is C11H9ClN4O2. The number of benzene rings is 1. The third-order valence-corrected chi connectivity index (χ3v) is 2.38. The van der Waals surface area contributed by atoms with Crippen LogP contribution in [0, 0.1) is 0 Å². The van der Waals surface area contributed by atoms with Crippen LogP contribution in [0.1, 0.15) is 16.1 Å². The second-order valence-corrected chi connectivity index (χ2v) is 3.72. The first-order chi connectivity index (χ1) is 8.68. The van der Waals surface area contributed by atoms with Crippen molar-refractivity contribution in [1.29, 1.82) is 0 Å². The molecule has 7 heteroatoms. The van der Waals surface area contributed by atoms with Gasteiger partial charge >= 0.3 is 5.97 Å². The minimum absolute atomic E-state index is 0.0290. The standard InChI is InChI=1S/C11H9ClN4O2/c12-8-6-14-15-9(8)11(17)18-16-10(13)7-4-2-1-3-5-7/h1-6H,(H2,13,16)(H,14,15). The maximum Gasteiger partial charge on any atom is 0.384 e. The number of nitrogens with two attached hydrogens (primary N) is 1. The molecule has 0 saturated heterocycles. The molecule has 0 atom stereocenters. The van der Waals surface area contributed by atoms with Gasteiger partial charge in [-0.1, -0.05) is 47.1 Å². The van der Waals surface area contributed by atoms with Gasteiger partial charge in [0.1, 0.15) is 0 Å². The first-order valence-electron chi connectivity index (χ1n) is 4.97. The molecule has 0 aliphatic heterocycles. The third-order valence-electron chi connectivity index (χ3n) is 2.09. The van der Waals surface area contributed by atoms with Crippen molar-refractivity contribution in [2.75, 3.05) is 0 Å². The highest BCUT2D eigenvalue weighted by molar-refractivity contribution is 6.33. The summed E-state index contributed by atoms with van der Waals surface area (Å²) in [7, 11) is 0. The lowest BCUT2D eigenvalue weighted by molar-refractivity contribution is 0.0509. The van der Waals surface area contributed by atoms with Gasteiger partial charge in [-0.2, -0.15) is 5.10 Å². The van der Waals surface area contributed by atoms with Gasteiger partial charge in [0.15, 0.2) is 11.5 Å². The summed E-state index contributed by atoms with van der Waals surface area (Å²) < 4.78 is 0. The van der Waals surface area contributed by atoms with E-state index in [2.05, 4.69) is 20.2 Å². The molecule has 1 heterocycles. The van der Waals surface area contributed by atoms with Crippen molar-refractivity contribution >= 4 is 23.4 Å². The van der Waals surface area contributed by atoms with E-state index in [9.17, 15) is 4.79 Å². The molecule has 0 unspecified atom stereocenters. The Labute approximate surface area is 107 Å². The molecule has 0 spiro atoms. The number of oxime groups is 1. The number of carbonyl (C=O) groups is 1. The lowest BCUT2D eigenvalue weighted by Gasteiger charge is -1.99. The van der Waals surface area contributed by atoms with Crippen molar-refractivity contribution < 1.29 is 9.63 Å². The van der Waals surface area contributed by atoms with E-state index in [4.69, 9.17) is 17.3 Å². The fourth-order valence-corrected chi connectivity index (χ4v) is 1.38. The number of amidine groups is 1. The first-order valence-corrected chi connectivity index (χ1v) is 5.35. The summed E-state index contributed by atoms with van der Waals surface area (Å²) in [6.07, 6.45) is 1.29. The Bertz CT molecular complexity index is 580. The maximum atomic E-state index is 11.5. The molecule has 92 valence electrons. The predicted octanol–water partition coefficient (Wildman–Crippen LogP) is 1.54. The Morgan fingerprint density at radius 1 is 1.39 bits per heavy atom. The number of carbonyl (C=O) groups excluding carboxylic acids is 1. The maximum absolute atomic E-state index is 11.5. The van der Waals surface area contributed by atoms with Crippen LogP contribution >= 0.6 is 11.6 Å². The summed E-state index contributed by atoms with van der Waals surface area (Å²) in [5.41, 5.74) is 6.33. The van der Waals surface area contributed by atoms with Crippen molar-refractivity contribution in [3.05, 3.63) is 52.8 Å². The number of nitrogens with one attached hydrogen (secondary N) is 1. The fraction of sp³-hybridized carbons (Fsp3) is 0. The molecule has 0 saturated carbocycles. The van der Waals surface area contributed by atoms with Crippen LogP contribution in [0.3, 0.4) is 0 Å². The monoisotopic (exact) mass is 264 g/mol. The largest absolute Gasteiger partial charge is 0.384 e. The smallest absolute Gasteiger partial charge is 0.380 e. The van der Waals surface area contributed by atoms with Crippen LogP contribution in [0.2, 0.25) is 5.02 Å². The molecule has 0 amide bonds. The number of hydrogen-bond donors (Lipinski definition) is 2. The van der Waals surface area contributed by atoms with Crippen LogP contribution in [0.4, 0.5) is 0 Å². The van der Waals surface area contributed by atoms with Gasteiger partial charge in [-0.3, -0.25) is 5.10 Å². The Kier molecular flexibility index (Phi) is 3.59. The van der Waals surface area contributed by atoms with Crippen molar-refractivity contribution in [1.82, 2.24) is 10.2 Å². The van der Waals surface area contributed by atoms with E-state index in [1.165, 1.54) is 6.20 Å². The van der Waals surface area contributed by atoms with E-state index in [0.717, 1.165) is 0 Å². The van der Waals surface area contributed by atoms with E-state index in [1.54, 1.807) is 24.3 Å². The van der Waals surface area contributed by atoms with Gasteiger partial charge in [-0.15, -0.1) is 0 Å². The molecule has 0 aliphatic rings. The van der Waals surface area contributed by atoms with E-state index in [1.807, 2.05) is 6.07 Å². The lowest BCUT2D eigenvalue weighted by Crippen LogP contribution is -2.15. The molecular weight excluding hydrogens is 256 g/mol. The second-order valence-electron chi connectivity index (χ2n) is 3.31. The predicted molar refractivity (Wildman–Crippen MR) is 66.2 cm³/mol. The SMILES string of the molecule is N/C(=N\OC(=O)c1[nH]ncc1Cl)c1ccccc1. The van der Waals surface area contributed by atoms with Gasteiger partial charge in [0.25, 0.3) is 0 Å². The van der Waals surface area contributed by atoms with E-state index in [0.29, 0.717) is 5.56 Å². The summed E-state index contributed by atoms with van der Waals surface area (Å²) in [5.74, 6) is -0.657. The van der Waals surface area contributed by atoms with E-state index in [-0.39, 0.29) is 16.6 Å². The summed E-state index contributed by atoms with van der Waals surface area (Å²) in [4.78, 5) is 16.2. The summed E-state index contributed by atoms with van der Waals surface area (Å²) >= 11 is 5.69. The molecule has 0 fully saturated rings. The highest BCUT2D eigenvalue weighted by atomic mass is 35.5. The van der Waals surface area contributed by atoms with E-state index >= 15 is 0 Å². The van der Waals surface area contributed by atoms with Crippen LogP contribution in [-0.2, 0) is 4.84 Å². The van der Waals surface area contributed by atoms with Gasteiger partial charge in [0.05, 0.1) is 11.2 Å². The van der Waals surface area contributed by atoms with E-state index < -0.39 is 5.97 Å². The zero-order valence-corrected chi connectivity index (χ0v) is 9.89. The molecule has 0 radical (unpaired) electrons. The summed E-state index contributed by atoms with van der Waals surface area (Å²) in [5, 5.41) is 9.68. The van der Waals surface area contributed by atoms with Gasteiger partial charge in [0.2, 0.25) is 0 Å². The lowest BCUT2D eigenvalue weighted by atomic mass is 10.2. The van der Waals surface area contributed by atoms with Crippen molar-refractivity contribution in [2.24, 2.45) is 10.9 Å². The Morgan fingerprint density at radius 2 is 2.11 bits per heavy atom. The minimum atomic E-state index is -0.753. The molecule has 3 N–H and O–H groups in total. The summed E-state index contributed by atoms with van der Waals surface area (Å²) in [6, 6.07) is 8.93. The average molecular weight is 265 g/mol. The highest BCUT2D eigenvalue weighted by Crippen LogP contribution is 2.12. The molecule has 18 heavy (non-hydrogen) atoms. The van der Waals surface area contributed by atoms with Crippen molar-refractivity contribution in [3.63, 3.8) is 0 Å². The van der Waals surface area contributed by atoms with Crippen LogP contribution in [0.25, 0.3) is 0 Å². The highest BCUT2D eigenvalue weighted by Gasteiger charge is 2.14. The molecule has 6 nitrogen and oxygen atoms in total. The second kappa shape index (κ2) is 5.33. The average Bonchev–Trinajstić information content (AvgIpc) is 2.83. The van der Waals surface area contributed by atoms with Crippen LogP contribution in [0.5, 0.6) is 0 Å². The summed E-state index contributed by atoms with van der Waals surface area (Å²) in [6.45, 7) is 0. The number of hydrogen-bond acceptors (Lipinski definition) is 4. The van der Waals surface area contributed by atoms with Gasteiger partial charge in [-0.05, 0) is 0 Å².